The second-order valence-electron chi connectivity index (χ2n) is 7.46. The van der Waals surface area contributed by atoms with Gasteiger partial charge in [-0.05, 0) is 49.6 Å². The molecule has 2 aromatic carbocycles. The molecule has 4 heteroatoms. The van der Waals surface area contributed by atoms with E-state index in [1.807, 2.05) is 36.4 Å². The van der Waals surface area contributed by atoms with Gasteiger partial charge in [0.05, 0.1) is 18.3 Å². The molecule has 1 fully saturated rings. The Labute approximate surface area is 167 Å². The molecule has 1 aliphatic heterocycles. The van der Waals surface area contributed by atoms with Gasteiger partial charge in [-0.1, -0.05) is 51.0 Å². The fourth-order valence-corrected chi connectivity index (χ4v) is 3.51. The molecule has 0 spiro atoms. The van der Waals surface area contributed by atoms with Gasteiger partial charge < -0.3 is 14.2 Å². The van der Waals surface area contributed by atoms with Crippen LogP contribution in [0.4, 0.5) is 0 Å². The van der Waals surface area contributed by atoms with Crippen LogP contribution in [-0.2, 0) is 15.9 Å². The maximum atomic E-state index is 12.4. The lowest BCUT2D eigenvalue weighted by atomic mass is 9.98. The molecule has 0 amide bonds. The molecular weight excluding hydrogens is 352 g/mol. The topological polar surface area (TPSA) is 44.8 Å². The molecule has 3 rings (SSSR count). The zero-order chi connectivity index (χ0) is 19.9. The fourth-order valence-electron chi connectivity index (χ4n) is 3.51. The highest BCUT2D eigenvalue weighted by molar-refractivity contribution is 5.91. The van der Waals surface area contributed by atoms with E-state index in [9.17, 15) is 4.79 Å². The molecule has 3 atom stereocenters. The van der Waals surface area contributed by atoms with Crippen LogP contribution in [0.2, 0.25) is 0 Å². The molecule has 0 N–H and O–H groups in total. The second-order valence-corrected chi connectivity index (χ2v) is 7.46. The van der Waals surface area contributed by atoms with Gasteiger partial charge in [0.25, 0.3) is 0 Å². The highest BCUT2D eigenvalue weighted by Crippen LogP contribution is 2.31. The van der Waals surface area contributed by atoms with Crippen molar-refractivity contribution in [2.24, 2.45) is 5.92 Å². The minimum atomic E-state index is -0.376. The number of aryl methyl sites for hydroxylation is 1. The molecule has 1 saturated heterocycles. The lowest BCUT2D eigenvalue weighted by molar-refractivity contribution is -0.237. The Morgan fingerprint density at radius 1 is 1.04 bits per heavy atom. The van der Waals surface area contributed by atoms with Crippen molar-refractivity contribution < 1.29 is 19.0 Å². The van der Waals surface area contributed by atoms with E-state index in [1.165, 1.54) is 5.56 Å². The standard InChI is InChI=1S/C24H30O4/c1-4-6-18-8-14-22(15-9-18)28-23(25)19-10-12-20(13-11-19)24-26-16-21(7-5-2)17(3)27-24/h8-15,17,21,24H,4-7,16H2,1-3H3. The zero-order valence-electron chi connectivity index (χ0n) is 17.0. The van der Waals surface area contributed by atoms with Gasteiger partial charge >= 0.3 is 5.97 Å². The summed E-state index contributed by atoms with van der Waals surface area (Å²) in [7, 11) is 0. The van der Waals surface area contributed by atoms with E-state index in [0.29, 0.717) is 23.8 Å². The van der Waals surface area contributed by atoms with Gasteiger partial charge in [-0.3, -0.25) is 0 Å². The average Bonchev–Trinajstić information content (AvgIpc) is 2.71. The maximum Gasteiger partial charge on any atom is 0.343 e. The number of hydrogen-bond acceptors (Lipinski definition) is 4. The van der Waals surface area contributed by atoms with Crippen LogP contribution in [-0.4, -0.2) is 18.7 Å². The number of rotatable bonds is 7. The van der Waals surface area contributed by atoms with Crippen molar-refractivity contribution in [2.45, 2.75) is 58.8 Å². The summed E-state index contributed by atoms with van der Waals surface area (Å²) in [6.45, 7) is 7.13. The summed E-state index contributed by atoms with van der Waals surface area (Å²) in [5, 5.41) is 0. The second kappa shape index (κ2) is 9.85. The SMILES string of the molecule is CCCc1ccc(OC(=O)c2ccc(C3OCC(CCC)C(C)O3)cc2)cc1. The Balaban J connectivity index is 1.58. The van der Waals surface area contributed by atoms with E-state index in [-0.39, 0.29) is 18.4 Å². The normalized spacial score (nSPS) is 22.0. The molecule has 0 bridgehead atoms. The molecule has 1 aliphatic rings. The first-order valence-corrected chi connectivity index (χ1v) is 10.3. The van der Waals surface area contributed by atoms with Crippen LogP contribution >= 0.6 is 0 Å². The molecule has 0 aromatic heterocycles. The summed E-state index contributed by atoms with van der Waals surface area (Å²) in [5.74, 6) is 0.638. The van der Waals surface area contributed by atoms with Gasteiger partial charge in [0.2, 0.25) is 0 Å². The minimum Gasteiger partial charge on any atom is -0.423 e. The summed E-state index contributed by atoms with van der Waals surface area (Å²) in [6.07, 6.45) is 4.15. The summed E-state index contributed by atoms with van der Waals surface area (Å²) in [6, 6.07) is 15.0. The van der Waals surface area contributed by atoms with Crippen LogP contribution in [0.5, 0.6) is 5.75 Å². The van der Waals surface area contributed by atoms with Crippen molar-refractivity contribution >= 4 is 5.97 Å². The van der Waals surface area contributed by atoms with Crippen molar-refractivity contribution in [2.75, 3.05) is 6.61 Å². The third-order valence-electron chi connectivity index (χ3n) is 5.21. The molecule has 28 heavy (non-hydrogen) atoms. The number of benzene rings is 2. The van der Waals surface area contributed by atoms with Crippen LogP contribution < -0.4 is 4.74 Å². The Morgan fingerprint density at radius 3 is 2.36 bits per heavy atom. The number of carbonyl (C=O) groups is 1. The summed E-state index contributed by atoms with van der Waals surface area (Å²) < 4.78 is 17.4. The van der Waals surface area contributed by atoms with Crippen molar-refractivity contribution in [3.63, 3.8) is 0 Å². The Morgan fingerprint density at radius 2 is 1.75 bits per heavy atom. The fraction of sp³-hybridized carbons (Fsp3) is 0.458. The molecular formula is C24H30O4. The first-order valence-electron chi connectivity index (χ1n) is 10.3. The largest absolute Gasteiger partial charge is 0.423 e. The van der Waals surface area contributed by atoms with Crippen molar-refractivity contribution in [1.29, 1.82) is 0 Å². The molecule has 1 heterocycles. The van der Waals surface area contributed by atoms with Gasteiger partial charge in [-0.2, -0.15) is 0 Å². The average molecular weight is 383 g/mol. The van der Waals surface area contributed by atoms with E-state index >= 15 is 0 Å². The molecule has 3 unspecified atom stereocenters. The van der Waals surface area contributed by atoms with Gasteiger partial charge in [0.15, 0.2) is 6.29 Å². The highest BCUT2D eigenvalue weighted by Gasteiger charge is 2.29. The van der Waals surface area contributed by atoms with Crippen molar-refractivity contribution in [1.82, 2.24) is 0 Å². The molecule has 0 radical (unpaired) electrons. The van der Waals surface area contributed by atoms with Gasteiger partial charge in [-0.15, -0.1) is 0 Å². The summed E-state index contributed by atoms with van der Waals surface area (Å²) in [4.78, 5) is 12.4. The van der Waals surface area contributed by atoms with E-state index in [1.54, 1.807) is 12.1 Å². The first-order chi connectivity index (χ1) is 13.6. The first kappa shape index (κ1) is 20.6. The van der Waals surface area contributed by atoms with Gasteiger partial charge in [0, 0.05) is 11.5 Å². The van der Waals surface area contributed by atoms with E-state index in [2.05, 4.69) is 20.8 Å². The minimum absolute atomic E-state index is 0.166. The van der Waals surface area contributed by atoms with Crippen LogP contribution in [0.15, 0.2) is 48.5 Å². The number of hydrogen-bond donors (Lipinski definition) is 0. The number of esters is 1. The molecule has 150 valence electrons. The van der Waals surface area contributed by atoms with Crippen LogP contribution in [0.3, 0.4) is 0 Å². The predicted octanol–water partition coefficient (Wildman–Crippen LogP) is 5.71. The Hall–Kier alpha value is -2.17. The van der Waals surface area contributed by atoms with Gasteiger partial charge in [-0.25, -0.2) is 4.79 Å². The lowest BCUT2D eigenvalue weighted by Gasteiger charge is -2.35. The lowest BCUT2D eigenvalue weighted by Crippen LogP contribution is -2.34. The summed E-state index contributed by atoms with van der Waals surface area (Å²) >= 11 is 0. The Bertz CT molecular complexity index is 751. The molecule has 2 aromatic rings. The van der Waals surface area contributed by atoms with Crippen LogP contribution in [0, 0.1) is 5.92 Å². The van der Waals surface area contributed by atoms with E-state index < -0.39 is 0 Å². The third kappa shape index (κ3) is 5.21. The van der Waals surface area contributed by atoms with Crippen molar-refractivity contribution in [3.8, 4) is 5.75 Å². The predicted molar refractivity (Wildman–Crippen MR) is 109 cm³/mol. The van der Waals surface area contributed by atoms with Gasteiger partial charge in [0.1, 0.15) is 5.75 Å². The quantitative estimate of drug-likeness (QED) is 0.454. The number of ether oxygens (including phenoxy) is 3. The molecule has 0 saturated carbocycles. The smallest absolute Gasteiger partial charge is 0.343 e. The van der Waals surface area contributed by atoms with Crippen molar-refractivity contribution in [3.05, 3.63) is 65.2 Å². The number of carbonyl (C=O) groups excluding carboxylic acids is 1. The maximum absolute atomic E-state index is 12.4. The monoisotopic (exact) mass is 382 g/mol. The Kier molecular flexibility index (Phi) is 7.24. The molecule has 0 aliphatic carbocycles. The highest BCUT2D eigenvalue weighted by atomic mass is 16.7. The van der Waals surface area contributed by atoms with Crippen LogP contribution in [0.1, 0.15) is 67.8 Å². The van der Waals surface area contributed by atoms with E-state index in [0.717, 1.165) is 31.2 Å². The summed E-state index contributed by atoms with van der Waals surface area (Å²) in [5.41, 5.74) is 2.67. The molecule has 4 nitrogen and oxygen atoms in total. The van der Waals surface area contributed by atoms with Crippen LogP contribution in [0.25, 0.3) is 0 Å². The third-order valence-corrected chi connectivity index (χ3v) is 5.21. The van der Waals surface area contributed by atoms with E-state index in [4.69, 9.17) is 14.2 Å². The zero-order valence-corrected chi connectivity index (χ0v) is 17.0.